The van der Waals surface area contributed by atoms with E-state index in [9.17, 15) is 4.79 Å². The molecule has 1 atom stereocenters. The van der Waals surface area contributed by atoms with Gasteiger partial charge < -0.3 is 10.6 Å². The van der Waals surface area contributed by atoms with Crippen molar-refractivity contribution in [2.24, 2.45) is 11.7 Å². The summed E-state index contributed by atoms with van der Waals surface area (Å²) in [6, 6.07) is 0. The van der Waals surface area contributed by atoms with Crippen LogP contribution in [0.3, 0.4) is 0 Å². The Morgan fingerprint density at radius 2 is 2.17 bits per heavy atom. The lowest BCUT2D eigenvalue weighted by Gasteiger charge is -2.25. The summed E-state index contributed by atoms with van der Waals surface area (Å²) in [4.78, 5) is 13.5. The van der Waals surface area contributed by atoms with E-state index in [0.29, 0.717) is 5.92 Å². The van der Waals surface area contributed by atoms with E-state index in [1.165, 1.54) is 0 Å². The van der Waals surface area contributed by atoms with Crippen LogP contribution in [0.25, 0.3) is 0 Å². The molecule has 0 spiro atoms. The summed E-state index contributed by atoms with van der Waals surface area (Å²) in [6.07, 6.45) is 1.11. The predicted octanol–water partition coefficient (Wildman–Crippen LogP) is 0.592. The van der Waals surface area contributed by atoms with E-state index in [-0.39, 0.29) is 5.91 Å². The second-order valence-electron chi connectivity index (χ2n) is 4.37. The molecule has 0 aliphatic carbocycles. The number of nitrogens with two attached hydrogens (primary N) is 1. The monoisotopic (exact) mass is 170 g/mol. The molecule has 0 bridgehead atoms. The SMILES string of the molecule is C[C@H]1CCN(C(=O)C(C)(C)N)C1. The maximum atomic E-state index is 11.6. The second kappa shape index (κ2) is 3.05. The molecule has 3 heteroatoms. The van der Waals surface area contributed by atoms with Crippen molar-refractivity contribution in [1.29, 1.82) is 0 Å². The fourth-order valence-electron chi connectivity index (χ4n) is 1.53. The summed E-state index contributed by atoms with van der Waals surface area (Å²) in [6.45, 7) is 7.44. The van der Waals surface area contributed by atoms with E-state index in [1.54, 1.807) is 13.8 Å². The molecule has 12 heavy (non-hydrogen) atoms. The highest BCUT2D eigenvalue weighted by Gasteiger charge is 2.31. The Bertz CT molecular complexity index is 183. The summed E-state index contributed by atoms with van der Waals surface area (Å²) < 4.78 is 0. The summed E-state index contributed by atoms with van der Waals surface area (Å²) >= 11 is 0. The summed E-state index contributed by atoms with van der Waals surface area (Å²) in [5, 5.41) is 0. The number of carbonyl (C=O) groups excluding carboxylic acids is 1. The van der Waals surface area contributed by atoms with Crippen LogP contribution in [-0.2, 0) is 4.79 Å². The van der Waals surface area contributed by atoms with Crippen molar-refractivity contribution in [3.63, 3.8) is 0 Å². The molecule has 1 saturated heterocycles. The number of likely N-dealkylation sites (tertiary alicyclic amines) is 1. The van der Waals surface area contributed by atoms with Crippen LogP contribution in [-0.4, -0.2) is 29.4 Å². The lowest BCUT2D eigenvalue weighted by Crippen LogP contribution is -2.50. The summed E-state index contributed by atoms with van der Waals surface area (Å²) in [7, 11) is 0. The topological polar surface area (TPSA) is 46.3 Å². The van der Waals surface area contributed by atoms with Gasteiger partial charge in [-0.25, -0.2) is 0 Å². The van der Waals surface area contributed by atoms with Crippen LogP contribution in [0.1, 0.15) is 27.2 Å². The third-order valence-corrected chi connectivity index (χ3v) is 2.26. The lowest BCUT2D eigenvalue weighted by molar-refractivity contribution is -0.134. The molecule has 0 saturated carbocycles. The minimum Gasteiger partial charge on any atom is -0.341 e. The zero-order chi connectivity index (χ0) is 9.35. The molecule has 0 unspecified atom stereocenters. The average molecular weight is 170 g/mol. The van der Waals surface area contributed by atoms with Gasteiger partial charge in [-0.1, -0.05) is 6.92 Å². The van der Waals surface area contributed by atoms with Gasteiger partial charge in [-0.3, -0.25) is 4.79 Å². The van der Waals surface area contributed by atoms with Gasteiger partial charge in [-0.2, -0.15) is 0 Å². The Labute approximate surface area is 73.9 Å². The van der Waals surface area contributed by atoms with Crippen LogP contribution in [0.15, 0.2) is 0 Å². The third-order valence-electron chi connectivity index (χ3n) is 2.26. The van der Waals surface area contributed by atoms with Crippen molar-refractivity contribution in [1.82, 2.24) is 4.90 Å². The Hall–Kier alpha value is -0.570. The van der Waals surface area contributed by atoms with Gasteiger partial charge in [-0.05, 0) is 26.2 Å². The predicted molar refractivity (Wildman–Crippen MR) is 48.6 cm³/mol. The van der Waals surface area contributed by atoms with Gasteiger partial charge in [0, 0.05) is 13.1 Å². The Kier molecular flexibility index (Phi) is 2.42. The number of amides is 1. The first-order chi connectivity index (χ1) is 5.41. The minimum atomic E-state index is -0.704. The van der Waals surface area contributed by atoms with Crippen LogP contribution in [0, 0.1) is 5.92 Å². The Morgan fingerprint density at radius 3 is 2.50 bits per heavy atom. The standard InChI is InChI=1S/C9H18N2O/c1-7-4-5-11(6-7)8(12)9(2,3)10/h7H,4-6,10H2,1-3H3/t7-/m0/s1. The van der Waals surface area contributed by atoms with Gasteiger partial charge in [0.2, 0.25) is 5.91 Å². The van der Waals surface area contributed by atoms with E-state index >= 15 is 0 Å². The number of carbonyl (C=O) groups is 1. The minimum absolute atomic E-state index is 0.0758. The van der Waals surface area contributed by atoms with E-state index in [2.05, 4.69) is 6.92 Å². The van der Waals surface area contributed by atoms with Gasteiger partial charge in [-0.15, -0.1) is 0 Å². The third kappa shape index (κ3) is 1.97. The molecule has 3 nitrogen and oxygen atoms in total. The molecular formula is C9H18N2O. The van der Waals surface area contributed by atoms with Crippen LogP contribution in [0.5, 0.6) is 0 Å². The average Bonchev–Trinajstić information content (AvgIpc) is 2.32. The first kappa shape index (κ1) is 9.52. The van der Waals surface area contributed by atoms with Gasteiger partial charge >= 0.3 is 0 Å². The fourth-order valence-corrected chi connectivity index (χ4v) is 1.53. The van der Waals surface area contributed by atoms with Crippen molar-refractivity contribution < 1.29 is 4.79 Å². The molecule has 0 radical (unpaired) electrons. The molecule has 0 aromatic rings. The molecular weight excluding hydrogens is 152 g/mol. The Balaban J connectivity index is 2.55. The van der Waals surface area contributed by atoms with E-state index in [1.807, 2.05) is 4.90 Å². The second-order valence-corrected chi connectivity index (χ2v) is 4.37. The van der Waals surface area contributed by atoms with E-state index in [0.717, 1.165) is 19.5 Å². The molecule has 1 aliphatic heterocycles. The van der Waals surface area contributed by atoms with Crippen molar-refractivity contribution in [3.05, 3.63) is 0 Å². The molecule has 1 amide bonds. The highest BCUT2D eigenvalue weighted by atomic mass is 16.2. The normalized spacial score (nSPS) is 24.7. The first-order valence-corrected chi connectivity index (χ1v) is 4.49. The molecule has 0 aromatic heterocycles. The van der Waals surface area contributed by atoms with Crippen molar-refractivity contribution in [3.8, 4) is 0 Å². The maximum absolute atomic E-state index is 11.6. The molecule has 2 N–H and O–H groups in total. The van der Waals surface area contributed by atoms with Gasteiger partial charge in [0.15, 0.2) is 0 Å². The van der Waals surface area contributed by atoms with Crippen LogP contribution in [0.2, 0.25) is 0 Å². The van der Waals surface area contributed by atoms with Crippen LogP contribution >= 0.6 is 0 Å². The van der Waals surface area contributed by atoms with Crippen molar-refractivity contribution in [2.45, 2.75) is 32.7 Å². The van der Waals surface area contributed by atoms with Crippen molar-refractivity contribution >= 4 is 5.91 Å². The van der Waals surface area contributed by atoms with Gasteiger partial charge in [0.1, 0.15) is 0 Å². The maximum Gasteiger partial charge on any atom is 0.242 e. The lowest BCUT2D eigenvalue weighted by atomic mass is 10.1. The molecule has 0 aromatic carbocycles. The zero-order valence-electron chi connectivity index (χ0n) is 8.13. The van der Waals surface area contributed by atoms with Crippen molar-refractivity contribution in [2.75, 3.05) is 13.1 Å². The number of hydrogen-bond donors (Lipinski definition) is 1. The molecule has 1 rings (SSSR count). The molecule has 1 aliphatic rings. The highest BCUT2D eigenvalue weighted by molar-refractivity contribution is 5.85. The first-order valence-electron chi connectivity index (χ1n) is 4.49. The van der Waals surface area contributed by atoms with Gasteiger partial charge in [0.05, 0.1) is 5.54 Å². The Morgan fingerprint density at radius 1 is 1.58 bits per heavy atom. The fraction of sp³-hybridized carbons (Fsp3) is 0.889. The summed E-state index contributed by atoms with van der Waals surface area (Å²) in [5.74, 6) is 0.711. The number of rotatable bonds is 1. The highest BCUT2D eigenvalue weighted by Crippen LogP contribution is 2.17. The largest absolute Gasteiger partial charge is 0.341 e. The smallest absolute Gasteiger partial charge is 0.242 e. The van der Waals surface area contributed by atoms with E-state index in [4.69, 9.17) is 5.73 Å². The van der Waals surface area contributed by atoms with Crippen LogP contribution in [0.4, 0.5) is 0 Å². The molecule has 70 valence electrons. The van der Waals surface area contributed by atoms with Crippen LogP contribution < -0.4 is 5.73 Å². The quantitative estimate of drug-likeness (QED) is 0.626. The zero-order valence-corrected chi connectivity index (χ0v) is 8.13. The molecule has 1 heterocycles. The number of hydrogen-bond acceptors (Lipinski definition) is 2. The molecule has 1 fully saturated rings. The van der Waals surface area contributed by atoms with Gasteiger partial charge in [0.25, 0.3) is 0 Å². The summed E-state index contributed by atoms with van der Waals surface area (Å²) in [5.41, 5.74) is 5.01. The number of nitrogens with zero attached hydrogens (tertiary/aromatic N) is 1. The van der Waals surface area contributed by atoms with E-state index < -0.39 is 5.54 Å².